The topological polar surface area (TPSA) is 180 Å². The first kappa shape index (κ1) is 18.8. The number of nitro groups is 1. The van der Waals surface area contributed by atoms with Gasteiger partial charge in [0.05, 0.1) is 4.92 Å². The number of allylic oxidation sites excluding steroid dienone is 1. The Labute approximate surface area is 159 Å². The van der Waals surface area contributed by atoms with Crippen LogP contribution in [-0.4, -0.2) is 44.5 Å². The molecule has 1 amide bonds. The molecule has 0 aliphatic carbocycles. The van der Waals surface area contributed by atoms with Gasteiger partial charge in [0.15, 0.2) is 0 Å². The van der Waals surface area contributed by atoms with E-state index in [9.17, 15) is 14.9 Å². The van der Waals surface area contributed by atoms with Crippen LogP contribution < -0.4 is 16.0 Å². The summed E-state index contributed by atoms with van der Waals surface area (Å²) in [6.07, 6.45) is 2.47. The first-order valence-electron chi connectivity index (χ1n) is 8.43. The highest BCUT2D eigenvalue weighted by molar-refractivity contribution is 5.78. The fourth-order valence-electron chi connectivity index (χ4n) is 3.01. The van der Waals surface area contributed by atoms with Crippen LogP contribution in [0.5, 0.6) is 0 Å². The summed E-state index contributed by atoms with van der Waals surface area (Å²) in [7, 11) is 0. The average Bonchev–Trinajstić information content (AvgIpc) is 3.23. The van der Waals surface area contributed by atoms with Crippen molar-refractivity contribution >= 4 is 28.5 Å². The molecule has 0 radical (unpaired) electrons. The number of nitriles is 1. The number of aromatic amines is 1. The minimum atomic E-state index is -0.464. The summed E-state index contributed by atoms with van der Waals surface area (Å²) < 4.78 is 0. The molecule has 0 unspecified atom stereocenters. The van der Waals surface area contributed by atoms with Crippen molar-refractivity contribution in [3.05, 3.63) is 40.3 Å². The van der Waals surface area contributed by atoms with Gasteiger partial charge in [-0.1, -0.05) is 0 Å². The van der Waals surface area contributed by atoms with Gasteiger partial charge in [0, 0.05) is 37.0 Å². The third kappa shape index (κ3) is 4.04. The molecular formula is C16H17N9O3. The summed E-state index contributed by atoms with van der Waals surface area (Å²) in [4.78, 5) is 24.3. The Morgan fingerprint density at radius 3 is 2.79 bits per heavy atom. The van der Waals surface area contributed by atoms with Crippen LogP contribution in [0.1, 0.15) is 18.7 Å². The monoisotopic (exact) mass is 383 g/mol. The van der Waals surface area contributed by atoms with Gasteiger partial charge in [-0.05, 0) is 30.2 Å². The number of rotatable bonds is 6. The van der Waals surface area contributed by atoms with E-state index in [0.717, 1.165) is 0 Å². The van der Waals surface area contributed by atoms with Gasteiger partial charge in [0.25, 0.3) is 5.69 Å². The van der Waals surface area contributed by atoms with Crippen molar-refractivity contribution in [2.75, 3.05) is 23.3 Å². The summed E-state index contributed by atoms with van der Waals surface area (Å²) in [5.74, 6) is -0.426. The molecule has 3 rings (SSSR count). The van der Waals surface area contributed by atoms with Gasteiger partial charge < -0.3 is 16.0 Å². The minimum Gasteiger partial charge on any atom is -0.369 e. The van der Waals surface area contributed by atoms with E-state index in [0.29, 0.717) is 37.3 Å². The van der Waals surface area contributed by atoms with Crippen LogP contribution in [0, 0.1) is 27.4 Å². The number of nitrogens with zero attached hydrogens (tertiary/aromatic N) is 6. The molecule has 28 heavy (non-hydrogen) atoms. The van der Waals surface area contributed by atoms with Gasteiger partial charge in [0.2, 0.25) is 11.7 Å². The molecule has 144 valence electrons. The van der Waals surface area contributed by atoms with Crippen molar-refractivity contribution in [3.63, 3.8) is 0 Å². The highest BCUT2D eigenvalue weighted by Crippen LogP contribution is 2.33. The van der Waals surface area contributed by atoms with Gasteiger partial charge >= 0.3 is 0 Å². The van der Waals surface area contributed by atoms with E-state index >= 15 is 0 Å². The molecule has 0 saturated carbocycles. The van der Waals surface area contributed by atoms with Gasteiger partial charge in [-0.15, -0.1) is 10.2 Å². The predicted octanol–water partition coefficient (Wildman–Crippen LogP) is 0.786. The van der Waals surface area contributed by atoms with Crippen LogP contribution >= 0.6 is 0 Å². The normalized spacial score (nSPS) is 15.1. The molecular weight excluding hydrogens is 366 g/mol. The predicted molar refractivity (Wildman–Crippen MR) is 98.6 cm³/mol. The van der Waals surface area contributed by atoms with Crippen molar-refractivity contribution < 1.29 is 9.72 Å². The number of H-pyrrole nitrogens is 1. The molecule has 0 bridgehead atoms. The van der Waals surface area contributed by atoms with Crippen LogP contribution in [-0.2, 0) is 4.79 Å². The summed E-state index contributed by atoms with van der Waals surface area (Å²) >= 11 is 0. The number of aromatic nitrogens is 4. The summed E-state index contributed by atoms with van der Waals surface area (Å²) in [5.41, 5.74) is 6.28. The van der Waals surface area contributed by atoms with E-state index in [1.807, 2.05) is 11.0 Å². The van der Waals surface area contributed by atoms with Crippen molar-refractivity contribution in [2.24, 2.45) is 11.7 Å². The Morgan fingerprint density at radius 1 is 1.46 bits per heavy atom. The van der Waals surface area contributed by atoms with Gasteiger partial charge in [-0.2, -0.15) is 10.5 Å². The first-order chi connectivity index (χ1) is 13.5. The molecule has 2 aromatic rings. The standard InChI is InChI=1S/C16H17N9O3/c17-8-11(16-20-22-23-21-16)9-19-12-1-2-13(14(7-12)25(27)28)24-5-3-10(4-6-24)15(18)26/h1-2,7,9-10,19H,3-6H2,(H2,18,26)(H,20,21,22,23). The highest BCUT2D eigenvalue weighted by atomic mass is 16.6. The highest BCUT2D eigenvalue weighted by Gasteiger charge is 2.27. The van der Waals surface area contributed by atoms with Crippen molar-refractivity contribution in [3.8, 4) is 6.07 Å². The second-order valence-electron chi connectivity index (χ2n) is 6.17. The lowest BCUT2D eigenvalue weighted by molar-refractivity contribution is -0.384. The molecule has 0 spiro atoms. The Morgan fingerprint density at radius 2 is 2.21 bits per heavy atom. The van der Waals surface area contributed by atoms with E-state index in [1.165, 1.54) is 12.3 Å². The van der Waals surface area contributed by atoms with Gasteiger partial charge in [0.1, 0.15) is 17.3 Å². The van der Waals surface area contributed by atoms with E-state index in [1.54, 1.807) is 12.1 Å². The van der Waals surface area contributed by atoms with Crippen molar-refractivity contribution in [1.29, 1.82) is 5.26 Å². The number of hydrogen-bond acceptors (Lipinski definition) is 9. The first-order valence-corrected chi connectivity index (χ1v) is 8.43. The number of nitrogens with one attached hydrogen (secondary N) is 2. The fraction of sp³-hybridized carbons (Fsp3) is 0.312. The van der Waals surface area contributed by atoms with Gasteiger partial charge in [-0.3, -0.25) is 14.9 Å². The van der Waals surface area contributed by atoms with E-state index in [-0.39, 0.29) is 28.9 Å². The lowest BCUT2D eigenvalue weighted by Crippen LogP contribution is -2.38. The summed E-state index contributed by atoms with van der Waals surface area (Å²) in [5, 5.41) is 36.6. The maximum absolute atomic E-state index is 11.5. The number of carbonyl (C=O) groups excluding carboxylic acids is 1. The Kier molecular flexibility index (Phi) is 5.45. The largest absolute Gasteiger partial charge is 0.369 e. The summed E-state index contributed by atoms with van der Waals surface area (Å²) in [6.45, 7) is 1.02. The summed E-state index contributed by atoms with van der Waals surface area (Å²) in [6, 6.07) is 6.62. The average molecular weight is 383 g/mol. The lowest BCUT2D eigenvalue weighted by Gasteiger charge is -2.32. The van der Waals surface area contributed by atoms with E-state index < -0.39 is 4.92 Å². The number of primary amides is 1. The maximum Gasteiger partial charge on any atom is 0.294 e. The number of benzene rings is 1. The lowest BCUT2D eigenvalue weighted by atomic mass is 9.96. The molecule has 0 atom stereocenters. The number of amides is 1. The molecule has 1 aromatic heterocycles. The maximum atomic E-state index is 11.5. The van der Waals surface area contributed by atoms with Crippen molar-refractivity contribution in [2.45, 2.75) is 12.8 Å². The Bertz CT molecular complexity index is 941. The second-order valence-corrected chi connectivity index (χ2v) is 6.17. The number of tetrazole rings is 1. The van der Waals surface area contributed by atoms with Crippen LogP contribution in [0.15, 0.2) is 24.4 Å². The molecule has 1 saturated heterocycles. The fourth-order valence-corrected chi connectivity index (χ4v) is 3.01. The Hall–Kier alpha value is -4.01. The number of anilines is 2. The number of piperidine rings is 1. The van der Waals surface area contributed by atoms with E-state index in [4.69, 9.17) is 11.0 Å². The SMILES string of the molecule is N#CC(=CNc1ccc(N2CCC(C(N)=O)CC2)c([N+](=O)[O-])c1)c1nn[nH]n1. The Balaban J connectivity index is 1.79. The zero-order valence-electron chi connectivity index (χ0n) is 14.7. The smallest absolute Gasteiger partial charge is 0.294 e. The molecule has 12 nitrogen and oxygen atoms in total. The number of nitrogens with two attached hydrogens (primary N) is 1. The van der Waals surface area contributed by atoms with Crippen LogP contribution in [0.4, 0.5) is 17.1 Å². The molecule has 4 N–H and O–H groups in total. The van der Waals surface area contributed by atoms with Gasteiger partial charge in [-0.25, -0.2) is 0 Å². The molecule has 1 aliphatic heterocycles. The molecule has 1 aromatic carbocycles. The third-order valence-corrected chi connectivity index (χ3v) is 4.50. The van der Waals surface area contributed by atoms with Crippen LogP contribution in [0.3, 0.4) is 0 Å². The number of carbonyl (C=O) groups is 1. The number of hydrogen-bond donors (Lipinski definition) is 3. The van der Waals surface area contributed by atoms with Crippen LogP contribution in [0.25, 0.3) is 5.57 Å². The minimum absolute atomic E-state index is 0.0750. The second kappa shape index (κ2) is 8.12. The van der Waals surface area contributed by atoms with E-state index in [2.05, 4.69) is 25.9 Å². The third-order valence-electron chi connectivity index (χ3n) is 4.50. The molecule has 2 heterocycles. The zero-order valence-corrected chi connectivity index (χ0v) is 14.7. The zero-order chi connectivity index (χ0) is 20.1. The van der Waals surface area contributed by atoms with Crippen LogP contribution in [0.2, 0.25) is 0 Å². The molecule has 12 heteroatoms. The molecule has 1 fully saturated rings. The molecule has 1 aliphatic rings. The van der Waals surface area contributed by atoms with Crippen molar-refractivity contribution in [1.82, 2.24) is 20.6 Å². The quantitative estimate of drug-likeness (QED) is 0.369. The number of nitro benzene ring substituents is 1.